The highest BCUT2D eigenvalue weighted by Gasteiger charge is 2.23. The van der Waals surface area contributed by atoms with Gasteiger partial charge in [-0.3, -0.25) is 4.68 Å². The van der Waals surface area contributed by atoms with Crippen molar-refractivity contribution in [1.82, 2.24) is 25.0 Å². The van der Waals surface area contributed by atoms with Crippen molar-refractivity contribution in [3.63, 3.8) is 0 Å². The monoisotopic (exact) mass is 329 g/mol. The number of aryl methyl sites for hydroxylation is 1. The van der Waals surface area contributed by atoms with Crippen LogP contribution in [0.4, 0.5) is 4.79 Å². The van der Waals surface area contributed by atoms with Crippen LogP contribution in [-0.4, -0.2) is 45.4 Å². The maximum atomic E-state index is 12.2. The van der Waals surface area contributed by atoms with Gasteiger partial charge in [0, 0.05) is 20.1 Å². The molecule has 7 heteroatoms. The first-order valence-electron chi connectivity index (χ1n) is 8.26. The van der Waals surface area contributed by atoms with Gasteiger partial charge in [0.25, 0.3) is 0 Å². The molecule has 1 aliphatic rings. The molecule has 0 spiro atoms. The summed E-state index contributed by atoms with van der Waals surface area (Å²) >= 11 is 0. The van der Waals surface area contributed by atoms with E-state index in [2.05, 4.69) is 15.4 Å². The number of likely N-dealkylation sites (tertiary alicyclic amines) is 1. The quantitative estimate of drug-likeness (QED) is 0.908. The van der Waals surface area contributed by atoms with Crippen molar-refractivity contribution in [2.75, 3.05) is 19.7 Å². The number of nitrogens with zero attached hydrogens (tertiary/aromatic N) is 4. The normalized spacial score (nSPS) is 15.3. The zero-order valence-corrected chi connectivity index (χ0v) is 13.9. The molecule has 0 atom stereocenters. The predicted octanol–water partition coefficient (Wildman–Crippen LogP) is 1.82. The fraction of sp³-hybridized carbons (Fsp3) is 0.471. The van der Waals surface area contributed by atoms with E-state index in [1.54, 1.807) is 18.1 Å². The highest BCUT2D eigenvalue weighted by atomic mass is 16.5. The second kappa shape index (κ2) is 7.81. The lowest BCUT2D eigenvalue weighted by molar-refractivity contribution is 0.145. The summed E-state index contributed by atoms with van der Waals surface area (Å²) in [5.74, 6) is 2.02. The zero-order valence-electron chi connectivity index (χ0n) is 13.9. The van der Waals surface area contributed by atoms with Gasteiger partial charge in [0.1, 0.15) is 12.1 Å². The molecule has 3 rings (SSSR count). The average molecular weight is 329 g/mol. The summed E-state index contributed by atoms with van der Waals surface area (Å²) in [6, 6.07) is 9.80. The number of amides is 2. The summed E-state index contributed by atoms with van der Waals surface area (Å²) in [6.07, 6.45) is 3.55. The van der Waals surface area contributed by atoms with Crippen LogP contribution in [0.2, 0.25) is 0 Å². The van der Waals surface area contributed by atoms with Crippen LogP contribution in [0.1, 0.15) is 18.7 Å². The van der Waals surface area contributed by atoms with E-state index in [-0.39, 0.29) is 6.03 Å². The van der Waals surface area contributed by atoms with Gasteiger partial charge < -0.3 is 15.0 Å². The van der Waals surface area contributed by atoms with Gasteiger partial charge in [-0.05, 0) is 30.9 Å². The van der Waals surface area contributed by atoms with E-state index < -0.39 is 0 Å². The lowest BCUT2D eigenvalue weighted by Gasteiger charge is -2.31. The number of carbonyl (C=O) groups excluding carboxylic acids is 1. The van der Waals surface area contributed by atoms with Crippen LogP contribution in [0, 0.1) is 5.92 Å². The van der Waals surface area contributed by atoms with Crippen LogP contribution >= 0.6 is 0 Å². The molecule has 0 saturated carbocycles. The SMILES string of the molecule is Cn1cnc(CNC(=O)N2CCC(COc3ccccc3)CC2)n1. The second-order valence-corrected chi connectivity index (χ2v) is 6.05. The summed E-state index contributed by atoms with van der Waals surface area (Å²) in [5.41, 5.74) is 0. The summed E-state index contributed by atoms with van der Waals surface area (Å²) < 4.78 is 7.44. The molecule has 24 heavy (non-hydrogen) atoms. The van der Waals surface area contributed by atoms with Crippen molar-refractivity contribution in [2.45, 2.75) is 19.4 Å². The Kier molecular flexibility index (Phi) is 5.30. The molecule has 0 radical (unpaired) electrons. The van der Waals surface area contributed by atoms with E-state index in [9.17, 15) is 4.79 Å². The molecule has 1 fully saturated rings. The van der Waals surface area contributed by atoms with Crippen LogP contribution in [0.5, 0.6) is 5.75 Å². The zero-order chi connectivity index (χ0) is 16.8. The van der Waals surface area contributed by atoms with Gasteiger partial charge in [0.15, 0.2) is 5.82 Å². The largest absolute Gasteiger partial charge is 0.493 e. The smallest absolute Gasteiger partial charge is 0.317 e. The molecule has 1 aromatic carbocycles. The van der Waals surface area contributed by atoms with Gasteiger partial charge in [0.05, 0.1) is 13.2 Å². The Balaban J connectivity index is 1.37. The molecule has 0 aliphatic carbocycles. The first-order chi connectivity index (χ1) is 11.7. The number of hydrogen-bond acceptors (Lipinski definition) is 4. The summed E-state index contributed by atoms with van der Waals surface area (Å²) in [5, 5.41) is 7.02. The van der Waals surface area contributed by atoms with Crippen molar-refractivity contribution in [2.24, 2.45) is 13.0 Å². The van der Waals surface area contributed by atoms with Crippen molar-refractivity contribution in [3.8, 4) is 5.75 Å². The average Bonchev–Trinajstić information content (AvgIpc) is 3.04. The molecule has 2 aromatic rings. The fourth-order valence-electron chi connectivity index (χ4n) is 2.76. The van der Waals surface area contributed by atoms with Crippen LogP contribution < -0.4 is 10.1 Å². The van der Waals surface area contributed by atoms with Crippen LogP contribution in [-0.2, 0) is 13.6 Å². The highest BCUT2D eigenvalue weighted by molar-refractivity contribution is 5.74. The Morgan fingerprint density at radius 1 is 1.29 bits per heavy atom. The van der Waals surface area contributed by atoms with Gasteiger partial charge in [-0.1, -0.05) is 18.2 Å². The number of aromatic nitrogens is 3. The van der Waals surface area contributed by atoms with Crippen molar-refractivity contribution < 1.29 is 9.53 Å². The number of urea groups is 1. The molecule has 1 aromatic heterocycles. The minimum atomic E-state index is -0.0510. The third-order valence-corrected chi connectivity index (χ3v) is 4.18. The van der Waals surface area contributed by atoms with Gasteiger partial charge in [-0.25, -0.2) is 9.78 Å². The fourth-order valence-corrected chi connectivity index (χ4v) is 2.76. The minimum absolute atomic E-state index is 0.0510. The summed E-state index contributed by atoms with van der Waals surface area (Å²) in [6.45, 7) is 2.57. The van der Waals surface area contributed by atoms with E-state index in [0.717, 1.165) is 31.7 Å². The lowest BCUT2D eigenvalue weighted by Crippen LogP contribution is -2.45. The summed E-state index contributed by atoms with van der Waals surface area (Å²) in [7, 11) is 1.81. The Morgan fingerprint density at radius 3 is 2.71 bits per heavy atom. The highest BCUT2D eigenvalue weighted by Crippen LogP contribution is 2.19. The van der Waals surface area contributed by atoms with E-state index in [1.165, 1.54) is 0 Å². The van der Waals surface area contributed by atoms with Crippen molar-refractivity contribution >= 4 is 6.03 Å². The first kappa shape index (κ1) is 16.3. The maximum absolute atomic E-state index is 12.2. The number of piperidine rings is 1. The number of nitrogens with one attached hydrogen (secondary N) is 1. The number of benzene rings is 1. The second-order valence-electron chi connectivity index (χ2n) is 6.05. The molecule has 1 aliphatic heterocycles. The van der Waals surface area contributed by atoms with Gasteiger partial charge in [-0.15, -0.1) is 0 Å². The Hall–Kier alpha value is -2.57. The van der Waals surface area contributed by atoms with Crippen LogP contribution in [0.3, 0.4) is 0 Å². The predicted molar refractivity (Wildman–Crippen MR) is 89.5 cm³/mol. The number of carbonyl (C=O) groups is 1. The molecule has 0 bridgehead atoms. The molecule has 128 valence electrons. The van der Waals surface area contributed by atoms with Gasteiger partial charge in [0.2, 0.25) is 0 Å². The Labute approximate surface area is 141 Å². The molecule has 0 unspecified atom stereocenters. The van der Waals surface area contributed by atoms with E-state index in [0.29, 0.717) is 24.9 Å². The molecule has 2 amide bonds. The lowest BCUT2D eigenvalue weighted by atomic mass is 9.98. The number of para-hydroxylation sites is 1. The van der Waals surface area contributed by atoms with Crippen molar-refractivity contribution in [1.29, 1.82) is 0 Å². The molecular weight excluding hydrogens is 306 g/mol. The third kappa shape index (κ3) is 4.47. The minimum Gasteiger partial charge on any atom is -0.493 e. The topological polar surface area (TPSA) is 72.3 Å². The molecule has 7 nitrogen and oxygen atoms in total. The van der Waals surface area contributed by atoms with E-state index in [4.69, 9.17) is 4.74 Å². The molecular formula is C17H23N5O2. The van der Waals surface area contributed by atoms with E-state index >= 15 is 0 Å². The van der Waals surface area contributed by atoms with E-state index in [1.807, 2.05) is 35.2 Å². The van der Waals surface area contributed by atoms with Crippen molar-refractivity contribution in [3.05, 3.63) is 42.5 Å². The van der Waals surface area contributed by atoms with Crippen LogP contribution in [0.25, 0.3) is 0 Å². The first-order valence-corrected chi connectivity index (χ1v) is 8.26. The third-order valence-electron chi connectivity index (χ3n) is 4.18. The molecule has 1 saturated heterocycles. The standard InChI is InChI=1S/C17H23N5O2/c1-21-13-19-16(20-21)11-18-17(23)22-9-7-14(8-10-22)12-24-15-5-3-2-4-6-15/h2-6,13-14H,7-12H2,1H3,(H,18,23). The number of hydrogen-bond donors (Lipinski definition) is 1. The maximum Gasteiger partial charge on any atom is 0.317 e. The van der Waals surface area contributed by atoms with Crippen LogP contribution in [0.15, 0.2) is 36.7 Å². The number of ether oxygens (including phenoxy) is 1. The van der Waals surface area contributed by atoms with Gasteiger partial charge >= 0.3 is 6.03 Å². The number of rotatable bonds is 5. The Morgan fingerprint density at radius 2 is 2.04 bits per heavy atom. The summed E-state index contributed by atoms with van der Waals surface area (Å²) in [4.78, 5) is 18.1. The molecule has 1 N–H and O–H groups in total. The molecule has 2 heterocycles. The van der Waals surface area contributed by atoms with Gasteiger partial charge in [-0.2, -0.15) is 5.10 Å². The Bertz CT molecular complexity index is 650.